The first kappa shape index (κ1) is 18.4. The molecule has 1 amide bonds. The van der Waals surface area contributed by atoms with E-state index in [1.54, 1.807) is 12.1 Å². The second-order valence-corrected chi connectivity index (χ2v) is 6.51. The number of carbonyl (C=O) groups is 1. The molecule has 4 rings (SSSR count). The van der Waals surface area contributed by atoms with E-state index in [9.17, 15) is 4.79 Å². The molecule has 2 aromatic carbocycles. The fourth-order valence-corrected chi connectivity index (χ4v) is 2.88. The second-order valence-electron chi connectivity index (χ2n) is 6.51. The van der Waals surface area contributed by atoms with E-state index in [0.29, 0.717) is 18.1 Å². The fourth-order valence-electron chi connectivity index (χ4n) is 2.88. The highest BCUT2D eigenvalue weighted by molar-refractivity contribution is 6.02. The summed E-state index contributed by atoms with van der Waals surface area (Å²) in [6, 6.07) is 22.6. The van der Waals surface area contributed by atoms with Crippen molar-refractivity contribution < 1.29 is 4.79 Å². The zero-order chi connectivity index (χ0) is 20.1. The van der Waals surface area contributed by atoms with Crippen molar-refractivity contribution in [2.75, 3.05) is 10.6 Å². The molecule has 29 heavy (non-hydrogen) atoms. The van der Waals surface area contributed by atoms with Gasteiger partial charge in [0.1, 0.15) is 5.82 Å². The molecule has 0 aliphatic heterocycles. The molecule has 4 aromatic rings. The topological polar surface area (TPSA) is 84.7 Å². The van der Waals surface area contributed by atoms with E-state index in [0.717, 1.165) is 16.9 Å². The number of carbonyl (C=O) groups excluding carboxylic acids is 1. The van der Waals surface area contributed by atoms with Crippen molar-refractivity contribution in [1.82, 2.24) is 20.0 Å². The summed E-state index contributed by atoms with van der Waals surface area (Å²) in [6.07, 6.45) is 1.94. The van der Waals surface area contributed by atoms with Crippen molar-refractivity contribution in [2.24, 2.45) is 0 Å². The molecule has 0 aliphatic rings. The predicted molar refractivity (Wildman–Crippen MR) is 112 cm³/mol. The molecule has 2 aromatic heterocycles. The van der Waals surface area contributed by atoms with Crippen molar-refractivity contribution >= 4 is 17.4 Å². The van der Waals surface area contributed by atoms with Gasteiger partial charge in [0.15, 0.2) is 5.69 Å². The Labute approximate surface area is 168 Å². The van der Waals surface area contributed by atoms with Gasteiger partial charge in [0.2, 0.25) is 0 Å². The highest BCUT2D eigenvalue weighted by Gasteiger charge is 2.09. The minimum atomic E-state index is -0.297. The Kier molecular flexibility index (Phi) is 5.29. The minimum Gasteiger partial charge on any atom is -0.364 e. The summed E-state index contributed by atoms with van der Waals surface area (Å²) < 4.78 is 1.86. The van der Waals surface area contributed by atoms with Gasteiger partial charge in [-0.2, -0.15) is 5.10 Å². The average Bonchev–Trinajstić information content (AvgIpc) is 3.19. The largest absolute Gasteiger partial charge is 0.364 e. The highest BCUT2D eigenvalue weighted by Crippen LogP contribution is 2.16. The Morgan fingerprint density at radius 3 is 2.45 bits per heavy atom. The molecule has 2 N–H and O–H groups in total. The van der Waals surface area contributed by atoms with Gasteiger partial charge in [-0.25, -0.2) is 4.68 Å². The molecular formula is C22H20N6O. The SMILES string of the molecule is Cc1ccn(-c2ccccc2CNc2ccc(C(=O)Nc3ccccc3)nn2)n1. The number of benzene rings is 2. The van der Waals surface area contributed by atoms with Crippen LogP contribution in [0.1, 0.15) is 21.7 Å². The number of anilines is 2. The van der Waals surface area contributed by atoms with Gasteiger partial charge >= 0.3 is 0 Å². The molecule has 0 radical (unpaired) electrons. The van der Waals surface area contributed by atoms with Crippen LogP contribution in [0.2, 0.25) is 0 Å². The minimum absolute atomic E-state index is 0.256. The van der Waals surface area contributed by atoms with Crippen LogP contribution in [0.25, 0.3) is 5.69 Å². The molecule has 0 spiro atoms. The lowest BCUT2D eigenvalue weighted by molar-refractivity contribution is 0.102. The first-order valence-electron chi connectivity index (χ1n) is 9.23. The lowest BCUT2D eigenvalue weighted by Gasteiger charge is -2.11. The molecule has 0 bridgehead atoms. The quantitative estimate of drug-likeness (QED) is 0.528. The van der Waals surface area contributed by atoms with Crippen molar-refractivity contribution in [3.05, 3.63) is 95.9 Å². The van der Waals surface area contributed by atoms with Gasteiger partial charge < -0.3 is 10.6 Å². The highest BCUT2D eigenvalue weighted by atomic mass is 16.1. The van der Waals surface area contributed by atoms with E-state index in [-0.39, 0.29) is 11.6 Å². The monoisotopic (exact) mass is 384 g/mol. The first-order valence-corrected chi connectivity index (χ1v) is 9.23. The normalized spacial score (nSPS) is 10.5. The van der Waals surface area contributed by atoms with Crippen LogP contribution in [0.3, 0.4) is 0 Å². The molecule has 2 heterocycles. The Hall–Kier alpha value is -4.00. The number of rotatable bonds is 6. The van der Waals surface area contributed by atoms with Gasteiger partial charge in [-0.15, -0.1) is 10.2 Å². The number of amides is 1. The molecule has 0 aliphatic carbocycles. The summed E-state index contributed by atoms with van der Waals surface area (Å²) in [6.45, 7) is 2.52. The molecule has 0 fully saturated rings. The zero-order valence-electron chi connectivity index (χ0n) is 15.9. The summed E-state index contributed by atoms with van der Waals surface area (Å²) in [7, 11) is 0. The Morgan fingerprint density at radius 2 is 1.72 bits per heavy atom. The molecule has 0 saturated heterocycles. The van der Waals surface area contributed by atoms with Crippen molar-refractivity contribution in [1.29, 1.82) is 0 Å². The van der Waals surface area contributed by atoms with Gasteiger partial charge in [0.05, 0.1) is 11.4 Å². The summed E-state index contributed by atoms with van der Waals surface area (Å²) >= 11 is 0. The van der Waals surface area contributed by atoms with Crippen LogP contribution < -0.4 is 10.6 Å². The van der Waals surface area contributed by atoms with Gasteiger partial charge in [-0.05, 0) is 48.9 Å². The van der Waals surface area contributed by atoms with E-state index >= 15 is 0 Å². The van der Waals surface area contributed by atoms with E-state index < -0.39 is 0 Å². The molecule has 0 saturated carbocycles. The van der Waals surface area contributed by atoms with E-state index in [1.165, 1.54) is 0 Å². The van der Waals surface area contributed by atoms with Crippen LogP contribution >= 0.6 is 0 Å². The number of nitrogens with one attached hydrogen (secondary N) is 2. The Balaban J connectivity index is 1.42. The summed E-state index contributed by atoms with van der Waals surface area (Å²) in [4.78, 5) is 12.3. The molecule has 144 valence electrons. The van der Waals surface area contributed by atoms with Gasteiger partial charge in [-0.1, -0.05) is 36.4 Å². The van der Waals surface area contributed by atoms with Gasteiger partial charge in [0.25, 0.3) is 5.91 Å². The molecule has 7 nitrogen and oxygen atoms in total. The maximum atomic E-state index is 12.3. The van der Waals surface area contributed by atoms with E-state index in [2.05, 4.69) is 25.9 Å². The number of aryl methyl sites for hydroxylation is 1. The fraction of sp³-hybridized carbons (Fsp3) is 0.0909. The predicted octanol–water partition coefficient (Wildman–Crippen LogP) is 3.84. The van der Waals surface area contributed by atoms with Crippen LogP contribution in [-0.4, -0.2) is 25.9 Å². The lowest BCUT2D eigenvalue weighted by atomic mass is 10.2. The average molecular weight is 384 g/mol. The maximum absolute atomic E-state index is 12.3. The van der Waals surface area contributed by atoms with Gasteiger partial charge in [0, 0.05) is 18.4 Å². The Morgan fingerprint density at radius 1 is 0.931 bits per heavy atom. The van der Waals surface area contributed by atoms with Crippen LogP contribution in [0, 0.1) is 6.92 Å². The van der Waals surface area contributed by atoms with Crippen LogP contribution in [0.4, 0.5) is 11.5 Å². The third kappa shape index (κ3) is 4.47. The summed E-state index contributed by atoms with van der Waals surface area (Å²) in [5, 5.41) is 18.7. The summed E-state index contributed by atoms with van der Waals surface area (Å²) in [5.41, 5.74) is 4.00. The molecule has 0 atom stereocenters. The third-order valence-electron chi connectivity index (χ3n) is 4.35. The second kappa shape index (κ2) is 8.35. The third-order valence-corrected chi connectivity index (χ3v) is 4.35. The standard InChI is InChI=1S/C22H20N6O/c1-16-13-14-28(27-16)20-10-6-5-7-17(20)15-23-21-12-11-19(25-26-21)22(29)24-18-8-3-2-4-9-18/h2-14H,15H2,1H3,(H,23,26)(H,24,29). The number of hydrogen-bond acceptors (Lipinski definition) is 5. The first-order chi connectivity index (χ1) is 14.2. The number of para-hydroxylation sites is 2. The Bertz CT molecular complexity index is 1110. The molecule has 0 unspecified atom stereocenters. The van der Waals surface area contributed by atoms with Crippen LogP contribution in [0.15, 0.2) is 79.0 Å². The number of hydrogen-bond donors (Lipinski definition) is 2. The van der Waals surface area contributed by atoms with E-state index in [1.807, 2.05) is 78.5 Å². The van der Waals surface area contributed by atoms with Crippen molar-refractivity contribution in [3.8, 4) is 5.69 Å². The summed E-state index contributed by atoms with van der Waals surface area (Å²) in [5.74, 6) is 0.294. The van der Waals surface area contributed by atoms with Crippen molar-refractivity contribution in [3.63, 3.8) is 0 Å². The number of nitrogens with zero attached hydrogens (tertiary/aromatic N) is 4. The molecule has 7 heteroatoms. The zero-order valence-corrected chi connectivity index (χ0v) is 15.9. The lowest BCUT2D eigenvalue weighted by Crippen LogP contribution is -2.15. The maximum Gasteiger partial charge on any atom is 0.276 e. The van der Waals surface area contributed by atoms with Crippen LogP contribution in [0.5, 0.6) is 0 Å². The van der Waals surface area contributed by atoms with Crippen molar-refractivity contribution in [2.45, 2.75) is 13.5 Å². The van der Waals surface area contributed by atoms with Crippen LogP contribution in [-0.2, 0) is 6.54 Å². The smallest absolute Gasteiger partial charge is 0.276 e. The molecular weight excluding hydrogens is 364 g/mol. The van der Waals surface area contributed by atoms with Gasteiger partial charge in [-0.3, -0.25) is 4.79 Å². The van der Waals surface area contributed by atoms with E-state index in [4.69, 9.17) is 0 Å². The number of aromatic nitrogens is 4.